The highest BCUT2D eigenvalue weighted by Crippen LogP contribution is 2.09. The quantitative estimate of drug-likeness (QED) is 0.828. The van der Waals surface area contributed by atoms with E-state index < -0.39 is 0 Å². The van der Waals surface area contributed by atoms with Gasteiger partial charge < -0.3 is 5.32 Å². The first kappa shape index (κ1) is 14.7. The van der Waals surface area contributed by atoms with Crippen molar-refractivity contribution in [3.63, 3.8) is 0 Å². The van der Waals surface area contributed by atoms with Gasteiger partial charge in [0, 0.05) is 12.6 Å². The average molecular weight is 271 g/mol. The Hall–Kier alpha value is -1.67. The molecule has 2 rings (SSSR count). The Morgan fingerprint density at radius 2 is 1.80 bits per heavy atom. The molecule has 0 saturated carbocycles. The maximum absolute atomic E-state index is 13.1. The Bertz CT molecular complexity index is 501. The third-order valence-corrected chi connectivity index (χ3v) is 3.49. The van der Waals surface area contributed by atoms with Crippen molar-refractivity contribution < 1.29 is 4.39 Å². The Kier molecular flexibility index (Phi) is 5.31. The fraction of sp³-hybridized carbons (Fsp3) is 0.333. The third-order valence-electron chi connectivity index (χ3n) is 3.49. The molecule has 0 fully saturated rings. The molecular weight excluding hydrogens is 249 g/mol. The second kappa shape index (κ2) is 7.20. The van der Waals surface area contributed by atoms with Gasteiger partial charge in [0.2, 0.25) is 0 Å². The molecule has 0 aliphatic heterocycles. The highest BCUT2D eigenvalue weighted by molar-refractivity contribution is 5.22. The average Bonchev–Trinajstić information content (AvgIpc) is 2.43. The smallest absolute Gasteiger partial charge is 0.123 e. The first-order valence-electron chi connectivity index (χ1n) is 7.17. The number of hydrogen-bond acceptors (Lipinski definition) is 1. The van der Waals surface area contributed by atoms with Crippen molar-refractivity contribution in [3.05, 3.63) is 71.0 Å². The van der Waals surface area contributed by atoms with Crippen LogP contribution in [0.5, 0.6) is 0 Å². The first-order valence-corrected chi connectivity index (χ1v) is 7.17. The van der Waals surface area contributed by atoms with E-state index in [4.69, 9.17) is 0 Å². The molecular formula is C18H22FN. The van der Waals surface area contributed by atoms with Crippen molar-refractivity contribution in [3.8, 4) is 0 Å². The molecule has 0 aliphatic carbocycles. The van der Waals surface area contributed by atoms with Gasteiger partial charge in [0.05, 0.1) is 0 Å². The van der Waals surface area contributed by atoms with Gasteiger partial charge in [0.1, 0.15) is 5.82 Å². The van der Waals surface area contributed by atoms with Gasteiger partial charge in [-0.05, 0) is 49.9 Å². The van der Waals surface area contributed by atoms with Gasteiger partial charge in [0.15, 0.2) is 0 Å². The van der Waals surface area contributed by atoms with E-state index in [0.717, 1.165) is 18.4 Å². The van der Waals surface area contributed by atoms with E-state index >= 15 is 0 Å². The van der Waals surface area contributed by atoms with E-state index in [2.05, 4.69) is 43.4 Å². The maximum atomic E-state index is 13.1. The molecule has 0 bridgehead atoms. The first-order chi connectivity index (χ1) is 9.63. The Morgan fingerprint density at radius 1 is 1.05 bits per heavy atom. The third kappa shape index (κ3) is 4.78. The molecule has 2 aromatic rings. The van der Waals surface area contributed by atoms with Crippen molar-refractivity contribution in [2.24, 2.45) is 0 Å². The topological polar surface area (TPSA) is 12.0 Å². The largest absolute Gasteiger partial charge is 0.310 e. The van der Waals surface area contributed by atoms with Gasteiger partial charge in [-0.1, -0.05) is 42.0 Å². The monoisotopic (exact) mass is 271 g/mol. The summed E-state index contributed by atoms with van der Waals surface area (Å²) in [6.45, 7) is 5.01. The summed E-state index contributed by atoms with van der Waals surface area (Å²) in [6, 6.07) is 15.8. The molecule has 1 nitrogen and oxygen atoms in total. The maximum Gasteiger partial charge on any atom is 0.123 e. The Labute approximate surface area is 120 Å². The summed E-state index contributed by atoms with van der Waals surface area (Å²) in [5, 5.41) is 3.44. The molecule has 2 aromatic carbocycles. The number of aryl methyl sites for hydroxylation is 2. The lowest BCUT2D eigenvalue weighted by Crippen LogP contribution is -2.26. The van der Waals surface area contributed by atoms with Crippen LogP contribution in [0.15, 0.2) is 48.5 Å². The van der Waals surface area contributed by atoms with E-state index in [9.17, 15) is 4.39 Å². The van der Waals surface area contributed by atoms with Crippen molar-refractivity contribution in [1.29, 1.82) is 0 Å². The van der Waals surface area contributed by atoms with Crippen LogP contribution in [-0.4, -0.2) is 6.04 Å². The van der Waals surface area contributed by atoms with Crippen LogP contribution in [-0.2, 0) is 13.0 Å². The predicted molar refractivity (Wildman–Crippen MR) is 82.2 cm³/mol. The van der Waals surface area contributed by atoms with Crippen LogP contribution < -0.4 is 5.32 Å². The van der Waals surface area contributed by atoms with Crippen molar-refractivity contribution in [1.82, 2.24) is 5.32 Å². The van der Waals surface area contributed by atoms with Gasteiger partial charge in [-0.25, -0.2) is 4.39 Å². The van der Waals surface area contributed by atoms with Crippen LogP contribution in [0, 0.1) is 12.7 Å². The molecule has 1 N–H and O–H groups in total. The van der Waals surface area contributed by atoms with Gasteiger partial charge in [0.25, 0.3) is 0 Å². The molecule has 1 atom stereocenters. The summed E-state index contributed by atoms with van der Waals surface area (Å²) in [7, 11) is 0. The predicted octanol–water partition coefficient (Wildman–Crippen LogP) is 4.25. The molecule has 2 heteroatoms. The van der Waals surface area contributed by atoms with Crippen LogP contribution in [0.25, 0.3) is 0 Å². The highest BCUT2D eigenvalue weighted by atomic mass is 19.1. The summed E-state index contributed by atoms with van der Waals surface area (Å²) < 4.78 is 13.1. The number of benzene rings is 2. The second-order valence-electron chi connectivity index (χ2n) is 5.44. The molecule has 0 radical (unpaired) electrons. The van der Waals surface area contributed by atoms with Gasteiger partial charge in [-0.15, -0.1) is 0 Å². The normalized spacial score (nSPS) is 12.3. The zero-order chi connectivity index (χ0) is 14.4. The van der Waals surface area contributed by atoms with E-state index in [-0.39, 0.29) is 5.82 Å². The van der Waals surface area contributed by atoms with Crippen LogP contribution >= 0.6 is 0 Å². The fourth-order valence-electron chi connectivity index (χ4n) is 2.29. The van der Waals surface area contributed by atoms with Gasteiger partial charge >= 0.3 is 0 Å². The number of rotatable bonds is 6. The summed E-state index contributed by atoms with van der Waals surface area (Å²) in [5.41, 5.74) is 3.68. The number of nitrogens with one attached hydrogen (secondary N) is 1. The minimum absolute atomic E-state index is 0.170. The summed E-state index contributed by atoms with van der Waals surface area (Å²) >= 11 is 0. The van der Waals surface area contributed by atoms with Crippen LogP contribution in [0.1, 0.15) is 30.0 Å². The highest BCUT2D eigenvalue weighted by Gasteiger charge is 2.03. The van der Waals surface area contributed by atoms with Crippen molar-refractivity contribution in [2.75, 3.05) is 0 Å². The standard InChI is InChI=1S/C18H22FN/c1-14-5-3-6-16(11-14)10-9-15(2)20-13-17-7-4-8-18(19)12-17/h3-8,11-12,15,20H,9-10,13H2,1-2H3. The van der Waals surface area contributed by atoms with E-state index in [1.165, 1.54) is 17.2 Å². The Balaban J connectivity index is 1.77. The summed E-state index contributed by atoms with van der Waals surface area (Å²) in [5.74, 6) is -0.170. The lowest BCUT2D eigenvalue weighted by molar-refractivity contribution is 0.512. The lowest BCUT2D eigenvalue weighted by Gasteiger charge is -2.14. The second-order valence-corrected chi connectivity index (χ2v) is 5.44. The molecule has 1 unspecified atom stereocenters. The molecule has 0 amide bonds. The number of halogens is 1. The summed E-state index contributed by atoms with van der Waals surface area (Å²) in [4.78, 5) is 0. The fourth-order valence-corrected chi connectivity index (χ4v) is 2.29. The molecule has 20 heavy (non-hydrogen) atoms. The van der Waals surface area contributed by atoms with Crippen LogP contribution in [0.2, 0.25) is 0 Å². The molecule has 106 valence electrons. The zero-order valence-electron chi connectivity index (χ0n) is 12.2. The van der Waals surface area contributed by atoms with Gasteiger partial charge in [-0.3, -0.25) is 0 Å². The van der Waals surface area contributed by atoms with Crippen molar-refractivity contribution >= 4 is 0 Å². The Morgan fingerprint density at radius 3 is 2.55 bits per heavy atom. The van der Waals surface area contributed by atoms with Gasteiger partial charge in [-0.2, -0.15) is 0 Å². The molecule has 0 heterocycles. The van der Waals surface area contributed by atoms with E-state index in [0.29, 0.717) is 12.6 Å². The molecule has 0 aliphatic rings. The number of hydrogen-bond donors (Lipinski definition) is 1. The van der Waals surface area contributed by atoms with Crippen molar-refractivity contribution in [2.45, 2.75) is 39.3 Å². The van der Waals surface area contributed by atoms with E-state index in [1.807, 2.05) is 6.07 Å². The molecule has 0 saturated heterocycles. The van der Waals surface area contributed by atoms with E-state index in [1.54, 1.807) is 12.1 Å². The lowest BCUT2D eigenvalue weighted by atomic mass is 10.0. The van der Waals surface area contributed by atoms with Crippen LogP contribution in [0.4, 0.5) is 4.39 Å². The molecule has 0 spiro atoms. The van der Waals surface area contributed by atoms with Crippen LogP contribution in [0.3, 0.4) is 0 Å². The zero-order valence-corrected chi connectivity index (χ0v) is 12.2. The minimum Gasteiger partial charge on any atom is -0.310 e. The minimum atomic E-state index is -0.170. The molecule has 0 aromatic heterocycles. The summed E-state index contributed by atoms with van der Waals surface area (Å²) in [6.07, 6.45) is 2.15. The SMILES string of the molecule is Cc1cccc(CCC(C)NCc2cccc(F)c2)c1.